The van der Waals surface area contributed by atoms with Crippen LogP contribution in [0.3, 0.4) is 0 Å². The van der Waals surface area contributed by atoms with Crippen molar-refractivity contribution < 1.29 is 9.84 Å². The molecule has 30 heavy (non-hydrogen) atoms. The SMILES string of the molecule is COc1c(C)cnc(Cn2cc(C#CCCC(C)(C)O)c3c(Cl)nc(N)nc32)c1C. The number of ether oxygens (including phenoxy) is 1. The highest BCUT2D eigenvalue weighted by Crippen LogP contribution is 2.29. The number of nitrogens with two attached hydrogens (primary N) is 1. The summed E-state index contributed by atoms with van der Waals surface area (Å²) in [6.07, 6.45) is 4.80. The van der Waals surface area contributed by atoms with E-state index in [2.05, 4.69) is 26.8 Å². The van der Waals surface area contributed by atoms with Gasteiger partial charge in [-0.15, -0.1) is 0 Å². The molecular formula is C22H26ClN5O2. The first-order valence-electron chi connectivity index (χ1n) is 9.63. The molecule has 0 aliphatic carbocycles. The van der Waals surface area contributed by atoms with Crippen LogP contribution in [0.4, 0.5) is 5.95 Å². The molecule has 0 unspecified atom stereocenters. The van der Waals surface area contributed by atoms with Crippen molar-refractivity contribution in [1.82, 2.24) is 19.5 Å². The Kier molecular flexibility index (Phi) is 6.20. The van der Waals surface area contributed by atoms with Crippen molar-refractivity contribution in [3.05, 3.63) is 39.9 Å². The molecule has 0 atom stereocenters. The van der Waals surface area contributed by atoms with Gasteiger partial charge in [0.2, 0.25) is 5.95 Å². The Labute approximate surface area is 181 Å². The van der Waals surface area contributed by atoms with E-state index in [1.54, 1.807) is 27.2 Å². The molecule has 3 aromatic heterocycles. The molecule has 3 aromatic rings. The lowest BCUT2D eigenvalue weighted by atomic mass is 10.0. The van der Waals surface area contributed by atoms with Crippen LogP contribution in [0, 0.1) is 25.7 Å². The molecule has 0 bridgehead atoms. The van der Waals surface area contributed by atoms with Gasteiger partial charge in [0, 0.05) is 29.9 Å². The Balaban J connectivity index is 2.05. The maximum atomic E-state index is 9.87. The van der Waals surface area contributed by atoms with E-state index < -0.39 is 5.60 Å². The minimum Gasteiger partial charge on any atom is -0.496 e. The van der Waals surface area contributed by atoms with Gasteiger partial charge < -0.3 is 20.1 Å². The molecule has 0 radical (unpaired) electrons. The van der Waals surface area contributed by atoms with E-state index in [0.29, 0.717) is 36.0 Å². The van der Waals surface area contributed by atoms with Crippen LogP contribution in [-0.2, 0) is 6.54 Å². The molecule has 0 spiro atoms. The second kappa shape index (κ2) is 8.50. The second-order valence-corrected chi connectivity index (χ2v) is 8.26. The summed E-state index contributed by atoms with van der Waals surface area (Å²) in [5.41, 5.74) is 9.18. The fraction of sp³-hybridized carbons (Fsp3) is 0.409. The molecule has 3 heterocycles. The van der Waals surface area contributed by atoms with E-state index in [9.17, 15) is 5.11 Å². The molecule has 0 saturated carbocycles. The van der Waals surface area contributed by atoms with Crippen LogP contribution in [0.15, 0.2) is 12.4 Å². The predicted molar refractivity (Wildman–Crippen MR) is 119 cm³/mol. The van der Waals surface area contributed by atoms with Crippen molar-refractivity contribution in [2.24, 2.45) is 0 Å². The number of hydrogen-bond donors (Lipinski definition) is 2. The first kappa shape index (κ1) is 21.9. The molecule has 0 fully saturated rings. The Hall–Kier alpha value is -2.82. The van der Waals surface area contributed by atoms with Gasteiger partial charge in [-0.1, -0.05) is 23.4 Å². The van der Waals surface area contributed by atoms with Crippen LogP contribution >= 0.6 is 11.6 Å². The van der Waals surface area contributed by atoms with Crippen LogP contribution in [0.25, 0.3) is 11.0 Å². The van der Waals surface area contributed by atoms with Gasteiger partial charge in [0.1, 0.15) is 16.5 Å². The van der Waals surface area contributed by atoms with Crippen LogP contribution in [0.2, 0.25) is 5.15 Å². The Morgan fingerprint density at radius 1 is 1.30 bits per heavy atom. The van der Waals surface area contributed by atoms with Crippen molar-refractivity contribution in [2.75, 3.05) is 12.8 Å². The minimum atomic E-state index is -0.758. The van der Waals surface area contributed by atoms with E-state index >= 15 is 0 Å². The van der Waals surface area contributed by atoms with Crippen molar-refractivity contribution in [2.45, 2.75) is 52.7 Å². The summed E-state index contributed by atoms with van der Waals surface area (Å²) in [4.78, 5) is 13.0. The maximum absolute atomic E-state index is 9.87. The van der Waals surface area contributed by atoms with Gasteiger partial charge in [0.05, 0.1) is 35.9 Å². The third-order valence-corrected chi connectivity index (χ3v) is 5.12. The lowest BCUT2D eigenvalue weighted by Gasteiger charge is -2.13. The fourth-order valence-electron chi connectivity index (χ4n) is 3.29. The van der Waals surface area contributed by atoms with E-state index in [4.69, 9.17) is 22.1 Å². The standard InChI is InChI=1S/C22H26ClN5O2/c1-13-10-25-16(14(2)18(13)30-5)12-28-11-15(8-6-7-9-22(3,4)29)17-19(23)26-21(24)27-20(17)28/h10-11,29H,7,9,12H2,1-5H3,(H2,24,26,27). The van der Waals surface area contributed by atoms with E-state index in [1.165, 1.54) is 0 Å². The highest BCUT2D eigenvalue weighted by Gasteiger charge is 2.17. The monoisotopic (exact) mass is 427 g/mol. The first-order chi connectivity index (χ1) is 14.1. The number of aliphatic hydroxyl groups is 1. The van der Waals surface area contributed by atoms with Gasteiger partial charge in [-0.2, -0.15) is 4.98 Å². The van der Waals surface area contributed by atoms with Gasteiger partial charge in [-0.05, 0) is 34.1 Å². The molecule has 0 aromatic carbocycles. The number of halogens is 1. The Morgan fingerprint density at radius 3 is 2.70 bits per heavy atom. The highest BCUT2D eigenvalue weighted by atomic mass is 35.5. The zero-order valence-electron chi connectivity index (χ0n) is 17.9. The van der Waals surface area contributed by atoms with E-state index in [0.717, 1.165) is 22.6 Å². The van der Waals surface area contributed by atoms with Gasteiger partial charge >= 0.3 is 0 Å². The van der Waals surface area contributed by atoms with Crippen molar-refractivity contribution in [3.63, 3.8) is 0 Å². The summed E-state index contributed by atoms with van der Waals surface area (Å²) in [6.45, 7) is 7.92. The average Bonchev–Trinajstić information content (AvgIpc) is 2.98. The maximum Gasteiger partial charge on any atom is 0.223 e. The van der Waals surface area contributed by atoms with E-state index in [-0.39, 0.29) is 11.1 Å². The number of anilines is 1. The summed E-state index contributed by atoms with van der Waals surface area (Å²) in [5.74, 6) is 7.15. The number of aromatic nitrogens is 4. The number of nitrogens with zero attached hydrogens (tertiary/aromatic N) is 4. The molecule has 7 nitrogen and oxygen atoms in total. The first-order valence-corrected chi connectivity index (χ1v) is 10.0. The number of pyridine rings is 1. The van der Waals surface area contributed by atoms with Crippen LogP contribution < -0.4 is 10.5 Å². The molecule has 0 amide bonds. The van der Waals surface area contributed by atoms with Crippen molar-refractivity contribution in [3.8, 4) is 17.6 Å². The van der Waals surface area contributed by atoms with Gasteiger partial charge in [0.15, 0.2) is 0 Å². The fourth-order valence-corrected chi connectivity index (χ4v) is 3.57. The topological polar surface area (TPSA) is 99.1 Å². The quantitative estimate of drug-likeness (QED) is 0.476. The van der Waals surface area contributed by atoms with Crippen LogP contribution in [0.5, 0.6) is 5.75 Å². The summed E-state index contributed by atoms with van der Waals surface area (Å²) in [6, 6.07) is 0. The molecule has 0 aliphatic heterocycles. The summed E-state index contributed by atoms with van der Waals surface area (Å²) >= 11 is 6.38. The zero-order valence-corrected chi connectivity index (χ0v) is 18.6. The summed E-state index contributed by atoms with van der Waals surface area (Å²) in [7, 11) is 1.65. The highest BCUT2D eigenvalue weighted by molar-refractivity contribution is 6.34. The van der Waals surface area contributed by atoms with Crippen LogP contribution in [-0.4, -0.2) is 37.3 Å². The van der Waals surface area contributed by atoms with Crippen molar-refractivity contribution in [1.29, 1.82) is 0 Å². The smallest absolute Gasteiger partial charge is 0.223 e. The number of aryl methyl sites for hydroxylation is 1. The normalized spacial score (nSPS) is 11.4. The summed E-state index contributed by atoms with van der Waals surface area (Å²) < 4.78 is 7.44. The Morgan fingerprint density at radius 2 is 2.03 bits per heavy atom. The van der Waals surface area contributed by atoms with Gasteiger partial charge in [0.25, 0.3) is 0 Å². The molecular weight excluding hydrogens is 402 g/mol. The average molecular weight is 428 g/mol. The predicted octanol–water partition coefficient (Wildman–Crippen LogP) is 3.64. The van der Waals surface area contributed by atoms with Gasteiger partial charge in [-0.3, -0.25) is 4.98 Å². The second-order valence-electron chi connectivity index (χ2n) is 7.90. The number of rotatable bonds is 5. The third-order valence-electron chi connectivity index (χ3n) is 4.84. The Bertz CT molecular complexity index is 1150. The van der Waals surface area contributed by atoms with Crippen LogP contribution in [0.1, 0.15) is 49.1 Å². The molecule has 3 N–H and O–H groups in total. The molecule has 158 valence electrons. The number of hydrogen-bond acceptors (Lipinski definition) is 6. The third kappa shape index (κ3) is 4.66. The number of nitrogen functional groups attached to an aromatic ring is 1. The lowest BCUT2D eigenvalue weighted by molar-refractivity contribution is 0.0727. The molecule has 8 heteroatoms. The molecule has 3 rings (SSSR count). The minimum absolute atomic E-state index is 0.0968. The number of methoxy groups -OCH3 is 1. The number of fused-ring (bicyclic) bond motifs is 1. The molecule has 0 aliphatic rings. The van der Waals surface area contributed by atoms with Gasteiger partial charge in [-0.25, -0.2) is 4.98 Å². The zero-order chi connectivity index (χ0) is 22.1. The lowest BCUT2D eigenvalue weighted by Crippen LogP contribution is -2.17. The van der Waals surface area contributed by atoms with Crippen molar-refractivity contribution >= 4 is 28.6 Å². The molecule has 0 saturated heterocycles. The summed E-state index contributed by atoms with van der Waals surface area (Å²) in [5, 5.41) is 10.8. The largest absolute Gasteiger partial charge is 0.496 e. The van der Waals surface area contributed by atoms with E-state index in [1.807, 2.05) is 24.6 Å².